The molecule has 1 heterocycles. The van der Waals surface area contributed by atoms with Gasteiger partial charge in [0, 0.05) is 51.9 Å². The number of nitrogens with zero attached hydrogens (tertiary/aromatic N) is 3. The van der Waals surface area contributed by atoms with Crippen molar-refractivity contribution in [2.24, 2.45) is 10.9 Å². The Kier molecular flexibility index (Phi) is 10.5. The van der Waals surface area contributed by atoms with Crippen molar-refractivity contribution in [3.05, 3.63) is 35.9 Å². The molecule has 2 N–H and O–H groups in total. The molecular formula is C24H43N5. The number of aliphatic imine (C=N–C) groups is 1. The number of guanidine groups is 1. The van der Waals surface area contributed by atoms with Crippen LogP contribution in [-0.2, 0) is 6.42 Å². The molecule has 1 atom stereocenters. The Hall–Kier alpha value is -1.59. The molecule has 29 heavy (non-hydrogen) atoms. The molecular weight excluding hydrogens is 358 g/mol. The maximum Gasteiger partial charge on any atom is 0.190 e. The van der Waals surface area contributed by atoms with E-state index in [-0.39, 0.29) is 0 Å². The average Bonchev–Trinajstić information content (AvgIpc) is 3.16. The lowest BCUT2D eigenvalue weighted by molar-refractivity contribution is 0.173. The fraction of sp³-hybridized carbons (Fsp3) is 0.708. The van der Waals surface area contributed by atoms with Crippen molar-refractivity contribution in [2.45, 2.75) is 59.0 Å². The van der Waals surface area contributed by atoms with Gasteiger partial charge in [-0.05, 0) is 65.0 Å². The van der Waals surface area contributed by atoms with Crippen LogP contribution in [0.1, 0.15) is 46.1 Å². The van der Waals surface area contributed by atoms with Gasteiger partial charge < -0.3 is 15.5 Å². The van der Waals surface area contributed by atoms with E-state index in [4.69, 9.17) is 0 Å². The van der Waals surface area contributed by atoms with E-state index in [9.17, 15) is 0 Å². The second-order valence-electron chi connectivity index (χ2n) is 8.85. The number of hydrogen-bond donors (Lipinski definition) is 2. The summed E-state index contributed by atoms with van der Waals surface area (Å²) in [7, 11) is 1.87. The fourth-order valence-electron chi connectivity index (χ4n) is 4.26. The first kappa shape index (κ1) is 23.7. The molecule has 0 saturated carbocycles. The molecule has 1 unspecified atom stereocenters. The molecule has 0 spiro atoms. The highest BCUT2D eigenvalue weighted by atomic mass is 15.2. The molecule has 1 saturated heterocycles. The van der Waals surface area contributed by atoms with Crippen LogP contribution in [0.4, 0.5) is 0 Å². The maximum atomic E-state index is 4.40. The molecule has 5 nitrogen and oxygen atoms in total. The van der Waals surface area contributed by atoms with Crippen LogP contribution in [0.25, 0.3) is 0 Å². The highest BCUT2D eigenvalue weighted by Gasteiger charge is 2.22. The van der Waals surface area contributed by atoms with Gasteiger partial charge in [0.1, 0.15) is 0 Å². The predicted octanol–water partition coefficient (Wildman–Crippen LogP) is 3.22. The zero-order chi connectivity index (χ0) is 21.1. The van der Waals surface area contributed by atoms with Crippen LogP contribution < -0.4 is 10.6 Å². The van der Waals surface area contributed by atoms with Crippen LogP contribution in [0.2, 0.25) is 0 Å². The van der Waals surface area contributed by atoms with Crippen LogP contribution in [0.15, 0.2) is 35.3 Å². The summed E-state index contributed by atoms with van der Waals surface area (Å²) in [6.45, 7) is 15.8. The minimum absolute atomic E-state index is 0.597. The number of benzene rings is 1. The normalized spacial score (nSPS) is 18.2. The zero-order valence-corrected chi connectivity index (χ0v) is 19.3. The number of likely N-dealkylation sites (tertiary alicyclic amines) is 1. The summed E-state index contributed by atoms with van der Waals surface area (Å²) in [5.41, 5.74) is 1.44. The zero-order valence-electron chi connectivity index (χ0n) is 19.3. The highest BCUT2D eigenvalue weighted by Crippen LogP contribution is 2.16. The predicted molar refractivity (Wildman–Crippen MR) is 126 cm³/mol. The third-order valence-corrected chi connectivity index (χ3v) is 5.92. The Morgan fingerprint density at radius 3 is 2.52 bits per heavy atom. The minimum atomic E-state index is 0.597. The van der Waals surface area contributed by atoms with Gasteiger partial charge in [0.2, 0.25) is 0 Å². The third-order valence-electron chi connectivity index (χ3n) is 5.92. The molecule has 1 fully saturated rings. The lowest BCUT2D eigenvalue weighted by atomic mass is 10.1. The van der Waals surface area contributed by atoms with Crippen molar-refractivity contribution in [1.82, 2.24) is 20.4 Å². The fourth-order valence-corrected chi connectivity index (χ4v) is 4.26. The molecule has 1 aromatic carbocycles. The topological polar surface area (TPSA) is 42.9 Å². The molecule has 1 aliphatic rings. The molecule has 1 aliphatic heterocycles. The highest BCUT2D eigenvalue weighted by molar-refractivity contribution is 5.79. The SMILES string of the molecule is CN=C(NCCCN(C(C)C)C(C)C)NCC1CCN(CCc2ccccc2)C1. The number of nitrogens with one attached hydrogen (secondary N) is 2. The molecule has 1 aromatic rings. The second-order valence-corrected chi connectivity index (χ2v) is 8.85. The van der Waals surface area contributed by atoms with Gasteiger partial charge in [-0.1, -0.05) is 30.3 Å². The number of hydrogen-bond acceptors (Lipinski definition) is 3. The van der Waals surface area contributed by atoms with Crippen LogP contribution in [-0.4, -0.2) is 74.2 Å². The smallest absolute Gasteiger partial charge is 0.190 e. The quantitative estimate of drug-likeness (QED) is 0.339. The van der Waals surface area contributed by atoms with Gasteiger partial charge in [-0.2, -0.15) is 0 Å². The van der Waals surface area contributed by atoms with Gasteiger partial charge in [0.05, 0.1) is 0 Å². The molecule has 2 rings (SSSR count). The van der Waals surface area contributed by atoms with Gasteiger partial charge in [-0.3, -0.25) is 9.89 Å². The molecule has 164 valence electrons. The monoisotopic (exact) mass is 401 g/mol. The Labute approximate surface area is 179 Å². The standard InChI is InChI=1S/C24H43N5/c1-20(2)29(21(3)4)15-9-14-26-24(25-5)27-18-23-13-17-28(19-23)16-12-22-10-7-6-8-11-22/h6-8,10-11,20-21,23H,9,12-19H2,1-5H3,(H2,25,26,27). The van der Waals surface area contributed by atoms with E-state index in [1.165, 1.54) is 25.1 Å². The van der Waals surface area contributed by atoms with Crippen molar-refractivity contribution >= 4 is 5.96 Å². The maximum absolute atomic E-state index is 4.40. The van der Waals surface area contributed by atoms with E-state index in [1.54, 1.807) is 0 Å². The Balaban J connectivity index is 1.60. The van der Waals surface area contributed by atoms with Crippen LogP contribution in [0.3, 0.4) is 0 Å². The minimum Gasteiger partial charge on any atom is -0.356 e. The summed E-state index contributed by atoms with van der Waals surface area (Å²) < 4.78 is 0. The summed E-state index contributed by atoms with van der Waals surface area (Å²) in [6.07, 6.45) is 3.55. The van der Waals surface area contributed by atoms with Crippen molar-refractivity contribution in [1.29, 1.82) is 0 Å². The van der Waals surface area contributed by atoms with Crippen molar-refractivity contribution in [2.75, 3.05) is 46.3 Å². The molecule has 0 aliphatic carbocycles. The molecule has 0 aromatic heterocycles. The Morgan fingerprint density at radius 2 is 1.86 bits per heavy atom. The lowest BCUT2D eigenvalue weighted by Crippen LogP contribution is -2.42. The van der Waals surface area contributed by atoms with E-state index in [0.29, 0.717) is 18.0 Å². The third kappa shape index (κ3) is 8.75. The second kappa shape index (κ2) is 12.9. The largest absolute Gasteiger partial charge is 0.356 e. The summed E-state index contributed by atoms with van der Waals surface area (Å²) in [5.74, 6) is 1.65. The van der Waals surface area contributed by atoms with E-state index in [1.807, 2.05) is 7.05 Å². The van der Waals surface area contributed by atoms with Gasteiger partial charge in [0.15, 0.2) is 5.96 Å². The van der Waals surface area contributed by atoms with E-state index in [2.05, 4.69) is 83.5 Å². The van der Waals surface area contributed by atoms with Gasteiger partial charge >= 0.3 is 0 Å². The molecule has 0 amide bonds. The summed E-state index contributed by atoms with van der Waals surface area (Å²) in [4.78, 5) is 9.54. The number of rotatable bonds is 11. The first-order chi connectivity index (χ1) is 14.0. The van der Waals surface area contributed by atoms with Crippen molar-refractivity contribution < 1.29 is 0 Å². The summed E-state index contributed by atoms with van der Waals surface area (Å²) >= 11 is 0. The molecule has 5 heteroatoms. The van der Waals surface area contributed by atoms with Gasteiger partial charge in [-0.15, -0.1) is 0 Å². The van der Waals surface area contributed by atoms with E-state index in [0.717, 1.165) is 45.0 Å². The van der Waals surface area contributed by atoms with Gasteiger partial charge in [-0.25, -0.2) is 0 Å². The Bertz CT molecular complexity index is 576. The summed E-state index contributed by atoms with van der Waals surface area (Å²) in [5, 5.41) is 7.02. The van der Waals surface area contributed by atoms with E-state index >= 15 is 0 Å². The van der Waals surface area contributed by atoms with Crippen molar-refractivity contribution in [3.63, 3.8) is 0 Å². The van der Waals surface area contributed by atoms with Gasteiger partial charge in [0.25, 0.3) is 0 Å². The van der Waals surface area contributed by atoms with Crippen LogP contribution >= 0.6 is 0 Å². The summed E-state index contributed by atoms with van der Waals surface area (Å²) in [6, 6.07) is 12.0. The lowest BCUT2D eigenvalue weighted by Gasteiger charge is -2.30. The first-order valence-corrected chi connectivity index (χ1v) is 11.5. The molecule has 0 bridgehead atoms. The molecule has 0 radical (unpaired) electrons. The van der Waals surface area contributed by atoms with E-state index < -0.39 is 0 Å². The average molecular weight is 402 g/mol. The first-order valence-electron chi connectivity index (χ1n) is 11.5. The van der Waals surface area contributed by atoms with Crippen LogP contribution in [0.5, 0.6) is 0 Å². The van der Waals surface area contributed by atoms with Crippen molar-refractivity contribution in [3.8, 4) is 0 Å². The van der Waals surface area contributed by atoms with Crippen LogP contribution in [0, 0.1) is 5.92 Å². The Morgan fingerprint density at radius 1 is 1.14 bits per heavy atom.